The van der Waals surface area contributed by atoms with Crippen LogP contribution in [0.5, 0.6) is 0 Å². The van der Waals surface area contributed by atoms with Crippen LogP contribution in [0.3, 0.4) is 0 Å². The molecule has 0 bridgehead atoms. The summed E-state index contributed by atoms with van der Waals surface area (Å²) in [5.41, 5.74) is 0.288. The first kappa shape index (κ1) is 12.7. The van der Waals surface area contributed by atoms with E-state index in [-0.39, 0.29) is 18.1 Å². The predicted octanol–water partition coefficient (Wildman–Crippen LogP) is 0.811. The number of hydrogen-bond acceptors (Lipinski definition) is 5. The van der Waals surface area contributed by atoms with Crippen LogP contribution in [0.4, 0.5) is 0 Å². The summed E-state index contributed by atoms with van der Waals surface area (Å²) in [4.78, 5) is 13.7. The molecule has 1 aliphatic carbocycles. The van der Waals surface area contributed by atoms with Crippen LogP contribution >= 0.6 is 0 Å². The van der Waals surface area contributed by atoms with Crippen molar-refractivity contribution in [1.82, 2.24) is 10.1 Å². The maximum Gasteiger partial charge on any atom is 0.276 e. The van der Waals surface area contributed by atoms with E-state index < -0.39 is 15.1 Å². The van der Waals surface area contributed by atoms with E-state index in [0.717, 1.165) is 18.6 Å². The van der Waals surface area contributed by atoms with Gasteiger partial charge in [-0.1, -0.05) is 5.16 Å². The van der Waals surface area contributed by atoms with Gasteiger partial charge in [0, 0.05) is 31.3 Å². The fraction of sp³-hybridized carbons (Fsp3) is 0.667. The summed E-state index contributed by atoms with van der Waals surface area (Å²) in [6.07, 6.45) is 3.89. The summed E-state index contributed by atoms with van der Waals surface area (Å²) in [6.45, 7) is 0.714. The molecule has 1 atom stereocenters. The number of hydrogen-bond donors (Lipinski definition) is 0. The molecular weight excluding hydrogens is 268 g/mol. The van der Waals surface area contributed by atoms with Crippen molar-refractivity contribution in [2.45, 2.75) is 30.4 Å². The Balaban J connectivity index is 1.70. The molecule has 6 nitrogen and oxygen atoms in total. The fourth-order valence-electron chi connectivity index (χ4n) is 2.37. The molecule has 3 rings (SSSR count). The lowest BCUT2D eigenvalue weighted by Crippen LogP contribution is -2.31. The monoisotopic (exact) mass is 284 g/mol. The van der Waals surface area contributed by atoms with Crippen LogP contribution in [-0.4, -0.2) is 49.0 Å². The van der Waals surface area contributed by atoms with Crippen LogP contribution < -0.4 is 0 Å². The topological polar surface area (TPSA) is 80.5 Å². The van der Waals surface area contributed by atoms with E-state index in [9.17, 15) is 13.2 Å². The van der Waals surface area contributed by atoms with E-state index in [4.69, 9.17) is 4.52 Å². The number of rotatable bonds is 3. The number of carbonyl (C=O) groups excluding carboxylic acids is 1. The largest absolute Gasteiger partial charge is 0.360 e. The predicted molar refractivity (Wildman–Crippen MR) is 67.6 cm³/mol. The van der Waals surface area contributed by atoms with Gasteiger partial charge < -0.3 is 9.42 Å². The number of likely N-dealkylation sites (tertiary alicyclic amines) is 1. The number of amides is 1. The van der Waals surface area contributed by atoms with E-state index in [1.54, 1.807) is 11.0 Å². The summed E-state index contributed by atoms with van der Waals surface area (Å²) in [5, 5.41) is 3.34. The molecule has 19 heavy (non-hydrogen) atoms. The van der Waals surface area contributed by atoms with Crippen LogP contribution in [0.25, 0.3) is 0 Å². The molecule has 1 saturated heterocycles. The van der Waals surface area contributed by atoms with Crippen molar-refractivity contribution in [3.8, 4) is 0 Å². The van der Waals surface area contributed by atoms with Crippen LogP contribution in [0.15, 0.2) is 10.6 Å². The van der Waals surface area contributed by atoms with Gasteiger partial charge >= 0.3 is 0 Å². The third kappa shape index (κ3) is 2.51. The van der Waals surface area contributed by atoms with Crippen molar-refractivity contribution in [3.63, 3.8) is 0 Å². The first-order chi connectivity index (χ1) is 8.95. The van der Waals surface area contributed by atoms with Crippen molar-refractivity contribution in [2.75, 3.05) is 19.3 Å². The molecule has 1 aromatic rings. The Hall–Kier alpha value is -1.37. The van der Waals surface area contributed by atoms with Crippen LogP contribution in [0.2, 0.25) is 0 Å². The second-order valence-corrected chi connectivity index (χ2v) is 7.71. The highest BCUT2D eigenvalue weighted by atomic mass is 32.2. The minimum atomic E-state index is -3.09. The molecule has 104 valence electrons. The van der Waals surface area contributed by atoms with E-state index >= 15 is 0 Å². The average Bonchev–Trinajstić information content (AvgIpc) is 2.91. The van der Waals surface area contributed by atoms with E-state index in [1.165, 1.54) is 6.26 Å². The molecule has 2 aliphatic rings. The summed E-state index contributed by atoms with van der Waals surface area (Å²) in [5.74, 6) is 0.945. The SMILES string of the molecule is CS(=O)(=O)[C@@H]1CCN(C(=O)c2cc(C3CC3)on2)C1. The highest BCUT2D eigenvalue weighted by Crippen LogP contribution is 2.40. The van der Waals surface area contributed by atoms with Crippen molar-refractivity contribution >= 4 is 15.7 Å². The Labute approximate surface area is 111 Å². The molecule has 2 heterocycles. The molecule has 1 aromatic heterocycles. The zero-order valence-corrected chi connectivity index (χ0v) is 11.5. The van der Waals surface area contributed by atoms with Crippen LogP contribution in [0, 0.1) is 0 Å². The third-order valence-electron chi connectivity index (χ3n) is 3.76. The van der Waals surface area contributed by atoms with E-state index in [1.807, 2.05) is 0 Å². The maximum atomic E-state index is 12.2. The number of aromatic nitrogens is 1. The van der Waals surface area contributed by atoms with Crippen LogP contribution in [-0.2, 0) is 9.84 Å². The van der Waals surface area contributed by atoms with Crippen molar-refractivity contribution in [3.05, 3.63) is 17.5 Å². The lowest BCUT2D eigenvalue weighted by molar-refractivity contribution is 0.0783. The number of sulfone groups is 1. The number of nitrogens with zero attached hydrogens (tertiary/aromatic N) is 2. The maximum absolute atomic E-state index is 12.2. The zero-order chi connectivity index (χ0) is 13.6. The summed E-state index contributed by atoms with van der Waals surface area (Å²) < 4.78 is 28.1. The Bertz CT molecular complexity index is 603. The van der Waals surface area contributed by atoms with Crippen molar-refractivity contribution in [2.24, 2.45) is 0 Å². The van der Waals surface area contributed by atoms with Crippen LogP contribution in [0.1, 0.15) is 41.4 Å². The van der Waals surface area contributed by atoms with E-state index in [0.29, 0.717) is 18.9 Å². The minimum absolute atomic E-state index is 0.234. The molecule has 1 amide bonds. The van der Waals surface area contributed by atoms with Gasteiger partial charge in [0.2, 0.25) is 0 Å². The van der Waals surface area contributed by atoms with Gasteiger partial charge in [-0.3, -0.25) is 4.79 Å². The highest BCUT2D eigenvalue weighted by Gasteiger charge is 2.35. The first-order valence-electron chi connectivity index (χ1n) is 6.40. The molecule has 1 aliphatic heterocycles. The van der Waals surface area contributed by atoms with Gasteiger partial charge in [0.25, 0.3) is 5.91 Å². The summed E-state index contributed by atoms with van der Waals surface area (Å²) in [6, 6.07) is 1.69. The summed E-state index contributed by atoms with van der Waals surface area (Å²) in [7, 11) is -3.09. The Morgan fingerprint density at radius 3 is 2.74 bits per heavy atom. The van der Waals surface area contributed by atoms with Gasteiger partial charge in [0.05, 0.1) is 5.25 Å². The minimum Gasteiger partial charge on any atom is -0.360 e. The van der Waals surface area contributed by atoms with Gasteiger partial charge in [-0.25, -0.2) is 8.42 Å². The van der Waals surface area contributed by atoms with Crippen molar-refractivity contribution < 1.29 is 17.7 Å². The molecular formula is C12H16N2O4S. The molecule has 0 aromatic carbocycles. The standard InChI is InChI=1S/C12H16N2O4S/c1-19(16,17)9-4-5-14(7-9)12(15)10-6-11(18-13-10)8-2-3-8/h6,8-9H,2-5,7H2,1H3/t9-/m1/s1. The Morgan fingerprint density at radius 1 is 1.42 bits per heavy atom. The van der Waals surface area contributed by atoms with Gasteiger partial charge in [-0.05, 0) is 19.3 Å². The second-order valence-electron chi connectivity index (χ2n) is 5.38. The molecule has 0 N–H and O–H groups in total. The molecule has 7 heteroatoms. The first-order valence-corrected chi connectivity index (χ1v) is 8.35. The molecule has 0 unspecified atom stereocenters. The quantitative estimate of drug-likeness (QED) is 0.820. The van der Waals surface area contributed by atoms with Gasteiger partial charge in [0.1, 0.15) is 5.76 Å². The average molecular weight is 284 g/mol. The Kier molecular flexibility index (Phi) is 2.88. The van der Waals surface area contributed by atoms with Crippen molar-refractivity contribution in [1.29, 1.82) is 0 Å². The molecule has 1 saturated carbocycles. The smallest absolute Gasteiger partial charge is 0.276 e. The summed E-state index contributed by atoms with van der Waals surface area (Å²) >= 11 is 0. The molecule has 2 fully saturated rings. The van der Waals surface area contributed by atoms with Gasteiger partial charge in [-0.15, -0.1) is 0 Å². The highest BCUT2D eigenvalue weighted by molar-refractivity contribution is 7.91. The lowest BCUT2D eigenvalue weighted by atomic mass is 10.2. The second kappa shape index (κ2) is 4.33. The number of carbonyl (C=O) groups is 1. The fourth-order valence-corrected chi connectivity index (χ4v) is 3.36. The molecule has 0 spiro atoms. The Morgan fingerprint density at radius 2 is 2.16 bits per heavy atom. The third-order valence-corrected chi connectivity index (χ3v) is 5.36. The normalized spacial score (nSPS) is 23.8. The van der Waals surface area contributed by atoms with Gasteiger partial charge in [0.15, 0.2) is 15.5 Å². The molecule has 0 radical (unpaired) electrons. The zero-order valence-electron chi connectivity index (χ0n) is 10.7. The lowest BCUT2D eigenvalue weighted by Gasteiger charge is -2.13. The van der Waals surface area contributed by atoms with E-state index in [2.05, 4.69) is 5.16 Å². The van der Waals surface area contributed by atoms with Gasteiger partial charge in [-0.2, -0.15) is 0 Å².